The topological polar surface area (TPSA) is 76.0 Å². The molecule has 28 heavy (non-hydrogen) atoms. The second-order valence-corrected chi connectivity index (χ2v) is 6.43. The highest BCUT2D eigenvalue weighted by Gasteiger charge is 2.08. The van der Waals surface area contributed by atoms with Gasteiger partial charge in [-0.1, -0.05) is 24.3 Å². The Bertz CT molecular complexity index is 959. The number of amides is 2. The van der Waals surface area contributed by atoms with Crippen LogP contribution in [0.5, 0.6) is 0 Å². The third-order valence-corrected chi connectivity index (χ3v) is 4.21. The summed E-state index contributed by atoms with van der Waals surface area (Å²) in [5, 5.41) is 5.66. The molecule has 2 amide bonds. The largest absolute Gasteiger partial charge is 0.346 e. The van der Waals surface area contributed by atoms with Gasteiger partial charge in [0.25, 0.3) is 0 Å². The smallest absolute Gasteiger partial charge is 0.244 e. The van der Waals surface area contributed by atoms with Gasteiger partial charge in [0.1, 0.15) is 0 Å². The molecule has 3 rings (SSSR count). The summed E-state index contributed by atoms with van der Waals surface area (Å²) >= 11 is 0. The average molecular weight is 374 g/mol. The van der Waals surface area contributed by atoms with Gasteiger partial charge in [0.05, 0.1) is 12.4 Å². The number of rotatable bonds is 6. The van der Waals surface area contributed by atoms with E-state index >= 15 is 0 Å². The van der Waals surface area contributed by atoms with Gasteiger partial charge in [-0.2, -0.15) is 0 Å². The average Bonchev–Trinajstić information content (AvgIpc) is 3.22. The molecule has 2 aromatic carbocycles. The van der Waals surface area contributed by atoms with E-state index in [1.165, 1.54) is 13.0 Å². The fourth-order valence-electron chi connectivity index (χ4n) is 2.74. The van der Waals surface area contributed by atoms with E-state index in [0.29, 0.717) is 0 Å². The van der Waals surface area contributed by atoms with E-state index in [0.717, 1.165) is 22.5 Å². The second kappa shape index (κ2) is 8.81. The van der Waals surface area contributed by atoms with Gasteiger partial charge in [0, 0.05) is 36.8 Å². The summed E-state index contributed by atoms with van der Waals surface area (Å²) in [4.78, 5) is 27.3. The minimum Gasteiger partial charge on any atom is -0.346 e. The molecule has 1 heterocycles. The maximum atomic E-state index is 12.2. The Labute approximate surface area is 163 Å². The highest BCUT2D eigenvalue weighted by atomic mass is 16.2. The van der Waals surface area contributed by atoms with Crippen molar-refractivity contribution in [2.75, 3.05) is 5.32 Å². The summed E-state index contributed by atoms with van der Waals surface area (Å²) in [6.45, 7) is 3.41. The number of anilines is 1. The van der Waals surface area contributed by atoms with Crippen molar-refractivity contribution >= 4 is 23.6 Å². The summed E-state index contributed by atoms with van der Waals surface area (Å²) in [6, 6.07) is 15.1. The van der Waals surface area contributed by atoms with Crippen molar-refractivity contribution < 1.29 is 9.59 Å². The Balaban J connectivity index is 1.56. The molecule has 1 unspecified atom stereocenters. The minimum atomic E-state index is -0.169. The number of imidazole rings is 1. The normalized spacial score (nSPS) is 11.9. The number of carbonyl (C=O) groups excluding carboxylic acids is 2. The van der Waals surface area contributed by atoms with Gasteiger partial charge in [-0.05, 0) is 48.4 Å². The van der Waals surface area contributed by atoms with E-state index in [4.69, 9.17) is 0 Å². The molecule has 0 saturated carbocycles. The van der Waals surface area contributed by atoms with Gasteiger partial charge < -0.3 is 15.2 Å². The van der Waals surface area contributed by atoms with Crippen LogP contribution in [0.15, 0.2) is 73.3 Å². The number of aromatic nitrogens is 2. The van der Waals surface area contributed by atoms with Crippen LogP contribution in [0.2, 0.25) is 0 Å². The molecule has 0 fully saturated rings. The molecule has 142 valence electrons. The standard InChI is InChI=1S/C22H22N4O2/c1-16(19-6-10-21(11-7-19)26-14-13-23-15-26)24-22(28)12-5-18-3-8-20(9-4-18)25-17(2)27/h3-16H,1-2H3,(H,24,28)(H,25,27). The van der Waals surface area contributed by atoms with Crippen molar-refractivity contribution in [1.82, 2.24) is 14.9 Å². The zero-order valence-electron chi connectivity index (χ0n) is 15.8. The van der Waals surface area contributed by atoms with E-state index in [1.807, 2.05) is 54.1 Å². The number of nitrogens with zero attached hydrogens (tertiary/aromatic N) is 2. The van der Waals surface area contributed by atoms with Crippen LogP contribution >= 0.6 is 0 Å². The molecule has 1 aromatic heterocycles. The molecular formula is C22H22N4O2. The van der Waals surface area contributed by atoms with Crippen molar-refractivity contribution in [3.8, 4) is 5.69 Å². The molecule has 0 saturated heterocycles. The molecule has 0 radical (unpaired) electrons. The Hall–Kier alpha value is -3.67. The molecule has 0 aliphatic heterocycles. The molecule has 1 atom stereocenters. The molecule has 0 bridgehead atoms. The Morgan fingerprint density at radius 2 is 1.79 bits per heavy atom. The van der Waals surface area contributed by atoms with Crippen LogP contribution in [0.4, 0.5) is 5.69 Å². The van der Waals surface area contributed by atoms with Crippen molar-refractivity contribution in [3.05, 3.63) is 84.5 Å². The molecule has 6 nitrogen and oxygen atoms in total. The first-order chi connectivity index (χ1) is 13.5. The number of nitrogens with one attached hydrogen (secondary N) is 2. The SMILES string of the molecule is CC(=O)Nc1ccc(C=CC(=O)NC(C)c2ccc(-n3ccnc3)cc2)cc1. The summed E-state index contributed by atoms with van der Waals surface area (Å²) < 4.78 is 1.92. The van der Waals surface area contributed by atoms with Crippen molar-refractivity contribution in [3.63, 3.8) is 0 Å². The van der Waals surface area contributed by atoms with Crippen LogP contribution in [0, 0.1) is 0 Å². The Morgan fingerprint density at radius 1 is 1.07 bits per heavy atom. The second-order valence-electron chi connectivity index (χ2n) is 6.43. The maximum Gasteiger partial charge on any atom is 0.244 e. The lowest BCUT2D eigenvalue weighted by Crippen LogP contribution is -2.24. The first-order valence-corrected chi connectivity index (χ1v) is 8.96. The fraction of sp³-hybridized carbons (Fsp3) is 0.136. The van der Waals surface area contributed by atoms with Gasteiger partial charge in [-0.25, -0.2) is 4.98 Å². The van der Waals surface area contributed by atoms with Crippen LogP contribution in [0.25, 0.3) is 11.8 Å². The van der Waals surface area contributed by atoms with Crippen molar-refractivity contribution in [1.29, 1.82) is 0 Å². The minimum absolute atomic E-state index is 0.115. The van der Waals surface area contributed by atoms with E-state index in [9.17, 15) is 9.59 Å². The summed E-state index contributed by atoms with van der Waals surface area (Å²) in [7, 11) is 0. The number of carbonyl (C=O) groups is 2. The number of benzene rings is 2. The van der Waals surface area contributed by atoms with E-state index in [1.54, 1.807) is 30.7 Å². The fourth-order valence-corrected chi connectivity index (χ4v) is 2.74. The first kappa shape index (κ1) is 19.1. The predicted octanol–water partition coefficient (Wildman–Crippen LogP) is 3.72. The lowest BCUT2D eigenvalue weighted by atomic mass is 10.1. The van der Waals surface area contributed by atoms with E-state index in [-0.39, 0.29) is 17.9 Å². The zero-order chi connectivity index (χ0) is 19.9. The zero-order valence-corrected chi connectivity index (χ0v) is 15.8. The predicted molar refractivity (Wildman–Crippen MR) is 110 cm³/mol. The molecule has 0 aliphatic rings. The van der Waals surface area contributed by atoms with Crippen LogP contribution in [-0.4, -0.2) is 21.4 Å². The first-order valence-electron chi connectivity index (χ1n) is 8.96. The number of hydrogen-bond donors (Lipinski definition) is 2. The van der Waals surface area contributed by atoms with Crippen LogP contribution in [0.1, 0.15) is 31.0 Å². The van der Waals surface area contributed by atoms with Crippen LogP contribution < -0.4 is 10.6 Å². The summed E-state index contributed by atoms with van der Waals surface area (Å²) in [6.07, 6.45) is 8.60. The van der Waals surface area contributed by atoms with Gasteiger partial charge in [0.2, 0.25) is 11.8 Å². The molecule has 0 spiro atoms. The Morgan fingerprint density at radius 3 is 2.39 bits per heavy atom. The maximum absolute atomic E-state index is 12.2. The van der Waals surface area contributed by atoms with Gasteiger partial charge in [-0.3, -0.25) is 9.59 Å². The third-order valence-electron chi connectivity index (χ3n) is 4.21. The molecule has 2 N–H and O–H groups in total. The van der Waals surface area contributed by atoms with Crippen LogP contribution in [0.3, 0.4) is 0 Å². The van der Waals surface area contributed by atoms with E-state index < -0.39 is 0 Å². The third kappa shape index (κ3) is 5.17. The summed E-state index contributed by atoms with van der Waals surface area (Å²) in [5.41, 5.74) is 3.64. The Kier molecular flexibility index (Phi) is 6.01. The number of hydrogen-bond acceptors (Lipinski definition) is 3. The highest BCUT2D eigenvalue weighted by molar-refractivity contribution is 5.92. The molecule has 3 aromatic rings. The van der Waals surface area contributed by atoms with E-state index in [2.05, 4.69) is 15.6 Å². The quantitative estimate of drug-likeness (QED) is 0.646. The van der Waals surface area contributed by atoms with Crippen molar-refractivity contribution in [2.45, 2.75) is 19.9 Å². The summed E-state index contributed by atoms with van der Waals surface area (Å²) in [5.74, 6) is -0.285. The van der Waals surface area contributed by atoms with Gasteiger partial charge in [-0.15, -0.1) is 0 Å². The lowest BCUT2D eigenvalue weighted by molar-refractivity contribution is -0.117. The van der Waals surface area contributed by atoms with Gasteiger partial charge in [0.15, 0.2) is 0 Å². The lowest BCUT2D eigenvalue weighted by Gasteiger charge is -2.13. The van der Waals surface area contributed by atoms with Crippen LogP contribution in [-0.2, 0) is 9.59 Å². The molecular weight excluding hydrogens is 352 g/mol. The van der Waals surface area contributed by atoms with Crippen molar-refractivity contribution in [2.24, 2.45) is 0 Å². The monoisotopic (exact) mass is 374 g/mol. The molecule has 0 aliphatic carbocycles. The van der Waals surface area contributed by atoms with Gasteiger partial charge >= 0.3 is 0 Å². The highest BCUT2D eigenvalue weighted by Crippen LogP contribution is 2.16. The molecule has 6 heteroatoms.